The highest BCUT2D eigenvalue weighted by Gasteiger charge is 2.09. The van der Waals surface area contributed by atoms with E-state index in [0.29, 0.717) is 17.1 Å². The Morgan fingerprint density at radius 2 is 1.81 bits per heavy atom. The number of aromatic hydroxyl groups is 1. The Hall–Kier alpha value is -2.93. The van der Waals surface area contributed by atoms with Gasteiger partial charge in [-0.1, -0.05) is 17.7 Å². The lowest BCUT2D eigenvalue weighted by Crippen LogP contribution is -2.19. The summed E-state index contributed by atoms with van der Waals surface area (Å²) in [6, 6.07) is 8.28. The van der Waals surface area contributed by atoms with Gasteiger partial charge in [0.1, 0.15) is 0 Å². The normalized spacial score (nSPS) is 10.6. The molecule has 0 aliphatic heterocycles. The van der Waals surface area contributed by atoms with Gasteiger partial charge in [-0.05, 0) is 35.4 Å². The van der Waals surface area contributed by atoms with Gasteiger partial charge < -0.3 is 19.3 Å². The molecule has 0 atom stereocenters. The third-order valence-corrected chi connectivity index (χ3v) is 3.77. The SMILES string of the molecule is COc1ccc(CC(=O)N/N=C/c2cc(Cl)c(O)c(OC)c2)cc1OC. The van der Waals surface area contributed by atoms with Crippen LogP contribution in [0.5, 0.6) is 23.0 Å². The van der Waals surface area contributed by atoms with E-state index in [4.69, 9.17) is 25.8 Å². The number of nitrogens with zero attached hydrogens (tertiary/aromatic N) is 1. The molecule has 0 saturated carbocycles. The van der Waals surface area contributed by atoms with Crippen LogP contribution in [-0.4, -0.2) is 38.6 Å². The Balaban J connectivity index is 2.01. The van der Waals surface area contributed by atoms with Crippen molar-refractivity contribution < 1.29 is 24.1 Å². The van der Waals surface area contributed by atoms with E-state index in [2.05, 4.69) is 10.5 Å². The first-order valence-corrected chi connectivity index (χ1v) is 7.95. The van der Waals surface area contributed by atoms with Crippen LogP contribution in [-0.2, 0) is 11.2 Å². The van der Waals surface area contributed by atoms with E-state index in [0.717, 1.165) is 5.56 Å². The van der Waals surface area contributed by atoms with Gasteiger partial charge in [-0.15, -0.1) is 0 Å². The van der Waals surface area contributed by atoms with E-state index < -0.39 is 0 Å². The second-order valence-corrected chi connectivity index (χ2v) is 5.62. The number of nitrogens with one attached hydrogen (secondary N) is 1. The monoisotopic (exact) mass is 378 g/mol. The Bertz CT molecular complexity index is 823. The summed E-state index contributed by atoms with van der Waals surface area (Å²) in [4.78, 5) is 12.0. The zero-order valence-corrected chi connectivity index (χ0v) is 15.3. The fourth-order valence-corrected chi connectivity index (χ4v) is 2.44. The first kappa shape index (κ1) is 19.4. The number of rotatable bonds is 7. The Labute approximate surface area is 156 Å². The van der Waals surface area contributed by atoms with Gasteiger partial charge in [0, 0.05) is 0 Å². The molecular weight excluding hydrogens is 360 g/mol. The average Bonchev–Trinajstić information content (AvgIpc) is 2.64. The predicted molar refractivity (Wildman–Crippen MR) is 98.7 cm³/mol. The molecule has 0 radical (unpaired) electrons. The van der Waals surface area contributed by atoms with Gasteiger partial charge in [0.2, 0.25) is 5.91 Å². The largest absolute Gasteiger partial charge is 0.503 e. The van der Waals surface area contributed by atoms with Crippen molar-refractivity contribution in [2.45, 2.75) is 6.42 Å². The average molecular weight is 379 g/mol. The van der Waals surface area contributed by atoms with Gasteiger partial charge in [0.05, 0.1) is 39.0 Å². The Kier molecular flexibility index (Phi) is 6.68. The van der Waals surface area contributed by atoms with E-state index in [1.54, 1.807) is 31.4 Å². The molecule has 0 fully saturated rings. The fraction of sp³-hybridized carbons (Fsp3) is 0.222. The Morgan fingerprint density at radius 3 is 2.46 bits per heavy atom. The summed E-state index contributed by atoms with van der Waals surface area (Å²) in [6.07, 6.45) is 1.53. The van der Waals surface area contributed by atoms with E-state index in [1.807, 2.05) is 0 Å². The maximum absolute atomic E-state index is 12.0. The van der Waals surface area contributed by atoms with Gasteiger partial charge >= 0.3 is 0 Å². The van der Waals surface area contributed by atoms with Crippen molar-refractivity contribution in [3.63, 3.8) is 0 Å². The number of carbonyl (C=O) groups excluding carboxylic acids is 1. The van der Waals surface area contributed by atoms with Crippen molar-refractivity contribution in [3.05, 3.63) is 46.5 Å². The molecule has 0 aliphatic carbocycles. The van der Waals surface area contributed by atoms with Crippen LogP contribution in [0.3, 0.4) is 0 Å². The number of phenolic OH excluding ortho intramolecular Hbond substituents is 1. The summed E-state index contributed by atoms with van der Waals surface area (Å²) in [5.41, 5.74) is 3.75. The van der Waals surface area contributed by atoms with Gasteiger partial charge in [-0.3, -0.25) is 4.79 Å². The number of ether oxygens (including phenoxy) is 3. The smallest absolute Gasteiger partial charge is 0.244 e. The molecule has 0 saturated heterocycles. The van der Waals surface area contributed by atoms with Gasteiger partial charge in [0.25, 0.3) is 0 Å². The van der Waals surface area contributed by atoms with Gasteiger partial charge in [-0.25, -0.2) is 5.43 Å². The summed E-state index contributed by atoms with van der Waals surface area (Å²) < 4.78 is 15.4. The van der Waals surface area contributed by atoms with Crippen LogP contribution < -0.4 is 19.6 Å². The molecule has 1 amide bonds. The van der Waals surface area contributed by atoms with Crippen molar-refractivity contribution in [2.75, 3.05) is 21.3 Å². The second kappa shape index (κ2) is 8.96. The van der Waals surface area contributed by atoms with Crippen molar-refractivity contribution in [1.29, 1.82) is 0 Å². The molecule has 0 bridgehead atoms. The van der Waals surface area contributed by atoms with Crippen LogP contribution in [0.25, 0.3) is 0 Å². The van der Waals surface area contributed by atoms with E-state index in [9.17, 15) is 9.90 Å². The van der Waals surface area contributed by atoms with Crippen molar-refractivity contribution in [3.8, 4) is 23.0 Å². The number of carbonyl (C=O) groups is 1. The fourth-order valence-electron chi connectivity index (χ4n) is 2.22. The van der Waals surface area contributed by atoms with Crippen LogP contribution in [0.4, 0.5) is 0 Å². The van der Waals surface area contributed by atoms with Crippen LogP contribution in [0.15, 0.2) is 35.4 Å². The minimum atomic E-state index is -0.301. The molecular formula is C18H19ClN2O5. The zero-order valence-electron chi connectivity index (χ0n) is 14.6. The standard InChI is InChI=1S/C18H19ClN2O5/c1-24-14-5-4-11(7-15(14)25-2)9-17(22)21-20-10-12-6-13(19)18(23)16(8-12)26-3/h4-8,10,23H,9H2,1-3H3,(H,21,22)/b20-10+. The summed E-state index contributed by atoms with van der Waals surface area (Å²) in [5, 5.41) is 13.7. The van der Waals surface area contributed by atoms with Crippen LogP contribution in [0.1, 0.15) is 11.1 Å². The molecule has 0 heterocycles. The molecule has 0 aliphatic rings. The summed E-state index contributed by atoms with van der Waals surface area (Å²) in [6.45, 7) is 0. The molecule has 2 N–H and O–H groups in total. The zero-order chi connectivity index (χ0) is 19.1. The number of hydrogen-bond donors (Lipinski definition) is 2. The molecule has 2 aromatic carbocycles. The molecule has 138 valence electrons. The summed E-state index contributed by atoms with van der Waals surface area (Å²) in [7, 11) is 4.49. The topological polar surface area (TPSA) is 89.4 Å². The lowest BCUT2D eigenvalue weighted by atomic mass is 10.1. The van der Waals surface area contributed by atoms with E-state index in [-0.39, 0.29) is 28.8 Å². The summed E-state index contributed by atoms with van der Waals surface area (Å²) in [5.74, 6) is 0.907. The number of halogens is 1. The number of amides is 1. The molecule has 26 heavy (non-hydrogen) atoms. The molecule has 0 aromatic heterocycles. The molecule has 0 spiro atoms. The molecule has 2 rings (SSSR count). The highest BCUT2D eigenvalue weighted by atomic mass is 35.5. The summed E-state index contributed by atoms with van der Waals surface area (Å²) >= 11 is 5.90. The second-order valence-electron chi connectivity index (χ2n) is 5.21. The molecule has 2 aromatic rings. The number of benzene rings is 2. The number of hydrazone groups is 1. The maximum atomic E-state index is 12.0. The van der Waals surface area contributed by atoms with Crippen LogP contribution in [0, 0.1) is 0 Å². The number of methoxy groups -OCH3 is 3. The first-order valence-electron chi connectivity index (χ1n) is 7.57. The first-order chi connectivity index (χ1) is 12.5. The van der Waals surface area contributed by atoms with Gasteiger partial charge in [-0.2, -0.15) is 5.10 Å². The third-order valence-electron chi connectivity index (χ3n) is 3.49. The quantitative estimate of drug-likeness (QED) is 0.571. The molecule has 7 nitrogen and oxygen atoms in total. The molecule has 8 heteroatoms. The minimum Gasteiger partial charge on any atom is -0.503 e. The van der Waals surface area contributed by atoms with Crippen molar-refractivity contribution >= 4 is 23.7 Å². The van der Waals surface area contributed by atoms with E-state index >= 15 is 0 Å². The van der Waals surface area contributed by atoms with Gasteiger partial charge in [0.15, 0.2) is 23.0 Å². The van der Waals surface area contributed by atoms with E-state index in [1.165, 1.54) is 26.5 Å². The lowest BCUT2D eigenvalue weighted by Gasteiger charge is -2.09. The molecule has 0 unspecified atom stereocenters. The van der Waals surface area contributed by atoms with Crippen molar-refractivity contribution in [2.24, 2.45) is 5.10 Å². The van der Waals surface area contributed by atoms with Crippen molar-refractivity contribution in [1.82, 2.24) is 5.43 Å². The lowest BCUT2D eigenvalue weighted by molar-refractivity contribution is -0.120. The highest BCUT2D eigenvalue weighted by molar-refractivity contribution is 6.32. The number of hydrogen-bond acceptors (Lipinski definition) is 6. The highest BCUT2D eigenvalue weighted by Crippen LogP contribution is 2.34. The minimum absolute atomic E-state index is 0.122. The van der Waals surface area contributed by atoms with Crippen LogP contribution >= 0.6 is 11.6 Å². The van der Waals surface area contributed by atoms with Crippen LogP contribution in [0.2, 0.25) is 5.02 Å². The predicted octanol–water partition coefficient (Wildman–Crippen LogP) is 2.76. The Morgan fingerprint density at radius 1 is 1.12 bits per heavy atom. The number of phenols is 1. The third kappa shape index (κ3) is 4.80. The maximum Gasteiger partial charge on any atom is 0.244 e.